The number of amides is 1. The highest BCUT2D eigenvalue weighted by Crippen LogP contribution is 2.25. The Labute approximate surface area is 142 Å². The number of hydrogen-bond acceptors (Lipinski definition) is 6. The van der Waals surface area contributed by atoms with Crippen LogP contribution < -0.4 is 10.9 Å². The third-order valence-corrected chi connectivity index (χ3v) is 4.04. The molecule has 1 amide bonds. The maximum Gasteiger partial charge on any atom is 0.275 e. The van der Waals surface area contributed by atoms with E-state index in [-0.39, 0.29) is 24.2 Å². The van der Waals surface area contributed by atoms with Gasteiger partial charge in [-0.1, -0.05) is 18.2 Å². The van der Waals surface area contributed by atoms with E-state index >= 15 is 0 Å². The quantitative estimate of drug-likeness (QED) is 0.732. The number of aromatic nitrogens is 5. The fraction of sp³-hybridized carbons (Fsp3) is 0.312. The topological polar surface area (TPSA) is 115 Å². The molecule has 0 bridgehead atoms. The molecule has 4 rings (SSSR count). The van der Waals surface area contributed by atoms with E-state index in [0.29, 0.717) is 17.8 Å². The average molecular weight is 340 g/mol. The van der Waals surface area contributed by atoms with Crippen LogP contribution in [-0.4, -0.2) is 37.5 Å². The lowest BCUT2D eigenvalue weighted by Gasteiger charge is -2.05. The zero-order valence-corrected chi connectivity index (χ0v) is 13.3. The Morgan fingerprint density at radius 2 is 2.28 bits per heavy atom. The van der Waals surface area contributed by atoms with E-state index in [1.54, 1.807) is 24.4 Å². The van der Waals surface area contributed by atoms with Crippen molar-refractivity contribution in [2.24, 2.45) is 0 Å². The summed E-state index contributed by atoms with van der Waals surface area (Å²) in [6, 6.07) is 7.11. The fourth-order valence-corrected chi connectivity index (χ4v) is 2.81. The first kappa shape index (κ1) is 15.5. The van der Waals surface area contributed by atoms with Crippen molar-refractivity contribution in [3.8, 4) is 0 Å². The van der Waals surface area contributed by atoms with Crippen LogP contribution in [0, 0.1) is 0 Å². The Balaban J connectivity index is 1.47. The minimum atomic E-state index is -0.428. The van der Waals surface area contributed by atoms with Gasteiger partial charge in [-0.05, 0) is 18.9 Å². The first-order valence-electron chi connectivity index (χ1n) is 7.99. The number of anilines is 1. The third kappa shape index (κ3) is 3.13. The maximum absolute atomic E-state index is 12.4. The minimum Gasteiger partial charge on any atom is -0.370 e. The summed E-state index contributed by atoms with van der Waals surface area (Å²) in [5.74, 6) is 0.320. The third-order valence-electron chi connectivity index (χ3n) is 4.04. The number of ether oxygens (including phenoxy) is 1. The molecule has 128 valence electrons. The van der Waals surface area contributed by atoms with Gasteiger partial charge in [-0.3, -0.25) is 20.0 Å². The van der Waals surface area contributed by atoms with Gasteiger partial charge in [0.25, 0.3) is 5.56 Å². The summed E-state index contributed by atoms with van der Waals surface area (Å²) >= 11 is 0. The monoisotopic (exact) mass is 340 g/mol. The highest BCUT2D eigenvalue weighted by Gasteiger charge is 2.22. The van der Waals surface area contributed by atoms with Crippen LogP contribution in [0.1, 0.15) is 24.8 Å². The molecule has 0 spiro atoms. The highest BCUT2D eigenvalue weighted by molar-refractivity contribution is 5.89. The maximum atomic E-state index is 12.4. The average Bonchev–Trinajstić information content (AvgIpc) is 3.29. The molecule has 1 aromatic carbocycles. The number of nitrogens with one attached hydrogen (secondary N) is 2. The van der Waals surface area contributed by atoms with E-state index in [2.05, 4.69) is 25.6 Å². The van der Waals surface area contributed by atoms with Crippen LogP contribution >= 0.6 is 0 Å². The van der Waals surface area contributed by atoms with Crippen molar-refractivity contribution in [2.45, 2.75) is 25.5 Å². The summed E-state index contributed by atoms with van der Waals surface area (Å²) in [5.41, 5.74) is -0.316. The van der Waals surface area contributed by atoms with E-state index in [0.717, 1.165) is 22.9 Å². The van der Waals surface area contributed by atoms with E-state index in [4.69, 9.17) is 4.74 Å². The highest BCUT2D eigenvalue weighted by atomic mass is 16.5. The molecule has 2 N–H and O–H groups in total. The smallest absolute Gasteiger partial charge is 0.275 e. The number of H-pyrrole nitrogens is 1. The van der Waals surface area contributed by atoms with Gasteiger partial charge in [-0.25, -0.2) is 4.68 Å². The molecule has 3 heterocycles. The molecule has 25 heavy (non-hydrogen) atoms. The summed E-state index contributed by atoms with van der Waals surface area (Å²) < 4.78 is 6.62. The number of carbonyl (C=O) groups excluding carboxylic acids is 1. The van der Waals surface area contributed by atoms with Gasteiger partial charge in [-0.2, -0.15) is 10.1 Å². The summed E-state index contributed by atoms with van der Waals surface area (Å²) in [6.07, 6.45) is 3.30. The fourth-order valence-electron chi connectivity index (χ4n) is 2.81. The van der Waals surface area contributed by atoms with Gasteiger partial charge >= 0.3 is 0 Å². The largest absolute Gasteiger partial charge is 0.370 e. The first-order valence-corrected chi connectivity index (χ1v) is 7.99. The van der Waals surface area contributed by atoms with Gasteiger partial charge in [0.2, 0.25) is 11.9 Å². The van der Waals surface area contributed by atoms with Gasteiger partial charge in [0.1, 0.15) is 12.6 Å². The van der Waals surface area contributed by atoms with E-state index in [1.807, 2.05) is 6.07 Å². The second-order valence-electron chi connectivity index (χ2n) is 5.79. The molecule has 9 nitrogen and oxygen atoms in total. The number of hydrogen-bond donors (Lipinski definition) is 2. The summed E-state index contributed by atoms with van der Waals surface area (Å²) in [7, 11) is 0. The SMILES string of the molecule is O=C(Cn1ncc2ccccc2c1=O)Nc1n[nH]c([C@H]2CCCO2)n1. The standard InChI is InChI=1S/C16H16N6O3/c23-13(18-16-19-14(20-21-16)12-6-3-7-25-12)9-22-15(24)11-5-2-1-4-10(11)8-17-22/h1-2,4-5,8,12H,3,6-7,9H2,(H2,18,19,20,21,23)/t12-/m1/s1. The van der Waals surface area contributed by atoms with Crippen LogP contribution in [0.15, 0.2) is 35.3 Å². The van der Waals surface area contributed by atoms with Gasteiger partial charge in [0.15, 0.2) is 5.82 Å². The number of carbonyl (C=O) groups is 1. The van der Waals surface area contributed by atoms with Crippen LogP contribution in [0.5, 0.6) is 0 Å². The van der Waals surface area contributed by atoms with E-state index < -0.39 is 5.91 Å². The predicted molar refractivity (Wildman–Crippen MR) is 88.9 cm³/mol. The molecule has 1 saturated heterocycles. The summed E-state index contributed by atoms with van der Waals surface area (Å²) in [5, 5.41) is 14.6. The lowest BCUT2D eigenvalue weighted by molar-refractivity contribution is -0.117. The number of fused-ring (bicyclic) bond motifs is 1. The van der Waals surface area contributed by atoms with Crippen molar-refractivity contribution in [3.63, 3.8) is 0 Å². The molecule has 1 atom stereocenters. The van der Waals surface area contributed by atoms with E-state index in [1.165, 1.54) is 0 Å². The summed E-state index contributed by atoms with van der Waals surface area (Å²) in [4.78, 5) is 28.7. The normalized spacial score (nSPS) is 17.0. The number of aromatic amines is 1. The molecule has 1 aliphatic rings. The molecular weight excluding hydrogens is 324 g/mol. The van der Waals surface area contributed by atoms with Crippen LogP contribution in [0.25, 0.3) is 10.8 Å². The van der Waals surface area contributed by atoms with Crippen molar-refractivity contribution in [3.05, 3.63) is 46.6 Å². The van der Waals surface area contributed by atoms with Crippen molar-refractivity contribution < 1.29 is 9.53 Å². The Kier molecular flexibility index (Phi) is 3.98. The molecular formula is C16H16N6O3. The zero-order chi connectivity index (χ0) is 17.2. The Bertz CT molecular complexity index is 973. The Hall–Kier alpha value is -3.07. The Morgan fingerprint density at radius 1 is 1.40 bits per heavy atom. The molecule has 1 fully saturated rings. The molecule has 0 radical (unpaired) electrons. The van der Waals surface area contributed by atoms with Crippen LogP contribution in [-0.2, 0) is 16.1 Å². The lowest BCUT2D eigenvalue weighted by atomic mass is 10.2. The molecule has 3 aromatic rings. The molecule has 1 aliphatic heterocycles. The minimum absolute atomic E-state index is 0.108. The lowest BCUT2D eigenvalue weighted by Crippen LogP contribution is -2.29. The number of benzene rings is 1. The molecule has 0 unspecified atom stereocenters. The van der Waals surface area contributed by atoms with Crippen molar-refractivity contribution in [1.29, 1.82) is 0 Å². The molecule has 0 saturated carbocycles. The molecule has 2 aromatic heterocycles. The number of nitrogens with zero attached hydrogens (tertiary/aromatic N) is 4. The van der Waals surface area contributed by atoms with Gasteiger partial charge < -0.3 is 4.74 Å². The summed E-state index contributed by atoms with van der Waals surface area (Å²) in [6.45, 7) is 0.483. The van der Waals surface area contributed by atoms with Gasteiger partial charge in [0, 0.05) is 12.0 Å². The van der Waals surface area contributed by atoms with Crippen molar-refractivity contribution in [2.75, 3.05) is 11.9 Å². The number of rotatable bonds is 4. The first-order chi connectivity index (χ1) is 12.2. The van der Waals surface area contributed by atoms with Crippen molar-refractivity contribution >= 4 is 22.6 Å². The molecule has 9 heteroatoms. The van der Waals surface area contributed by atoms with Gasteiger partial charge in [0.05, 0.1) is 11.6 Å². The van der Waals surface area contributed by atoms with E-state index in [9.17, 15) is 9.59 Å². The second-order valence-corrected chi connectivity index (χ2v) is 5.79. The Morgan fingerprint density at radius 3 is 3.12 bits per heavy atom. The predicted octanol–water partition coefficient (Wildman–Crippen LogP) is 1.00. The van der Waals surface area contributed by atoms with Crippen molar-refractivity contribution in [1.82, 2.24) is 25.0 Å². The van der Waals surface area contributed by atoms with Crippen LogP contribution in [0.4, 0.5) is 5.95 Å². The van der Waals surface area contributed by atoms with Gasteiger partial charge in [-0.15, -0.1) is 5.10 Å². The van der Waals surface area contributed by atoms with Crippen LogP contribution in [0.2, 0.25) is 0 Å². The van der Waals surface area contributed by atoms with Crippen LogP contribution in [0.3, 0.4) is 0 Å². The second kappa shape index (κ2) is 6.44. The zero-order valence-electron chi connectivity index (χ0n) is 13.3. The molecule has 0 aliphatic carbocycles.